The van der Waals surface area contributed by atoms with E-state index in [1.54, 1.807) is 16.8 Å². The number of aromatic carboxylic acids is 1. The highest BCUT2D eigenvalue weighted by Crippen LogP contribution is 2.25. The fourth-order valence-electron chi connectivity index (χ4n) is 1.46. The highest BCUT2D eigenvalue weighted by atomic mass is 32.2. The van der Waals surface area contributed by atoms with Crippen molar-refractivity contribution in [2.75, 3.05) is 0 Å². The number of aryl methyl sites for hydroxylation is 1. The van der Waals surface area contributed by atoms with Gasteiger partial charge in [-0.25, -0.2) is 4.79 Å². The smallest absolute Gasteiger partial charge is 0.336 e. The van der Waals surface area contributed by atoms with Crippen molar-refractivity contribution in [2.45, 2.75) is 10.6 Å². The summed E-state index contributed by atoms with van der Waals surface area (Å²) in [5, 5.41) is 13.3. The van der Waals surface area contributed by atoms with Crippen LogP contribution in [0.1, 0.15) is 16.1 Å². The van der Waals surface area contributed by atoms with Gasteiger partial charge < -0.3 is 5.11 Å². The maximum Gasteiger partial charge on any atom is 0.336 e. The third kappa shape index (κ3) is 2.88. The molecule has 0 radical (unpaired) electrons. The molecule has 0 aliphatic carbocycles. The summed E-state index contributed by atoms with van der Waals surface area (Å²) in [7, 11) is 1.86. The van der Waals surface area contributed by atoms with Gasteiger partial charge in [-0.3, -0.25) is 4.68 Å². The van der Waals surface area contributed by atoms with Crippen LogP contribution < -0.4 is 0 Å². The molecule has 4 nitrogen and oxygen atoms in total. The van der Waals surface area contributed by atoms with Gasteiger partial charge in [-0.1, -0.05) is 12.1 Å². The van der Waals surface area contributed by atoms with E-state index in [1.165, 1.54) is 11.8 Å². The normalized spacial score (nSPS) is 10.4. The lowest BCUT2D eigenvalue weighted by molar-refractivity contribution is 0.0693. The van der Waals surface area contributed by atoms with E-state index in [1.807, 2.05) is 31.4 Å². The first kappa shape index (κ1) is 11.7. The lowest BCUT2D eigenvalue weighted by atomic mass is 10.2. The molecule has 0 fully saturated rings. The lowest BCUT2D eigenvalue weighted by Crippen LogP contribution is -1.98. The van der Waals surface area contributed by atoms with Gasteiger partial charge in [0.25, 0.3) is 0 Å². The Bertz CT molecular complexity index is 537. The molecule has 0 saturated heterocycles. The number of hydrogen-bond donors (Lipinski definition) is 1. The largest absolute Gasteiger partial charge is 0.478 e. The Kier molecular flexibility index (Phi) is 3.49. The van der Waals surface area contributed by atoms with Gasteiger partial charge in [0.05, 0.1) is 11.3 Å². The molecule has 1 aromatic carbocycles. The molecule has 2 aromatic rings. The summed E-state index contributed by atoms with van der Waals surface area (Å²) in [6, 6.07) is 8.93. The van der Waals surface area contributed by atoms with Crippen molar-refractivity contribution in [1.82, 2.24) is 9.78 Å². The Morgan fingerprint density at radius 2 is 2.18 bits per heavy atom. The molecule has 0 saturated carbocycles. The van der Waals surface area contributed by atoms with Gasteiger partial charge in [0.15, 0.2) is 0 Å². The van der Waals surface area contributed by atoms with Crippen LogP contribution in [0.15, 0.2) is 41.4 Å². The monoisotopic (exact) mass is 248 g/mol. The zero-order valence-corrected chi connectivity index (χ0v) is 10.1. The van der Waals surface area contributed by atoms with Crippen LogP contribution in [0.4, 0.5) is 0 Å². The van der Waals surface area contributed by atoms with E-state index in [-0.39, 0.29) is 0 Å². The van der Waals surface area contributed by atoms with E-state index in [9.17, 15) is 4.79 Å². The number of rotatable bonds is 4. The van der Waals surface area contributed by atoms with Gasteiger partial charge in [-0.2, -0.15) is 5.10 Å². The summed E-state index contributed by atoms with van der Waals surface area (Å²) in [4.78, 5) is 11.8. The number of thioether (sulfide) groups is 1. The first-order valence-corrected chi connectivity index (χ1v) is 6.09. The molecule has 0 amide bonds. The second kappa shape index (κ2) is 5.05. The van der Waals surface area contributed by atoms with Gasteiger partial charge in [0, 0.05) is 23.9 Å². The van der Waals surface area contributed by atoms with Crippen LogP contribution in [-0.4, -0.2) is 20.9 Å². The SMILES string of the molecule is Cn1ccc(CSc2ccccc2C(=O)O)n1. The number of nitrogens with zero attached hydrogens (tertiary/aromatic N) is 2. The van der Waals surface area contributed by atoms with Gasteiger partial charge in [0.2, 0.25) is 0 Å². The fraction of sp³-hybridized carbons (Fsp3) is 0.167. The Labute approximate surface area is 103 Å². The van der Waals surface area contributed by atoms with Gasteiger partial charge in [-0.05, 0) is 18.2 Å². The first-order chi connectivity index (χ1) is 8.16. The molecule has 0 spiro atoms. The summed E-state index contributed by atoms with van der Waals surface area (Å²) in [5.41, 5.74) is 1.28. The fourth-order valence-corrected chi connectivity index (χ4v) is 2.40. The van der Waals surface area contributed by atoms with E-state index in [0.717, 1.165) is 10.6 Å². The number of carboxylic acids is 1. The molecule has 2 rings (SSSR count). The number of hydrogen-bond acceptors (Lipinski definition) is 3. The van der Waals surface area contributed by atoms with E-state index in [0.29, 0.717) is 11.3 Å². The zero-order chi connectivity index (χ0) is 12.3. The Morgan fingerprint density at radius 1 is 1.41 bits per heavy atom. The molecule has 0 unspecified atom stereocenters. The summed E-state index contributed by atoms with van der Waals surface area (Å²) in [6.07, 6.45) is 1.87. The molecular weight excluding hydrogens is 236 g/mol. The second-order valence-electron chi connectivity index (χ2n) is 3.57. The van der Waals surface area contributed by atoms with Crippen molar-refractivity contribution in [3.05, 3.63) is 47.8 Å². The van der Waals surface area contributed by atoms with Crippen molar-refractivity contribution in [1.29, 1.82) is 0 Å². The average molecular weight is 248 g/mol. The topological polar surface area (TPSA) is 55.1 Å². The predicted molar refractivity (Wildman–Crippen MR) is 66.2 cm³/mol. The number of aromatic nitrogens is 2. The minimum atomic E-state index is -0.894. The van der Waals surface area contributed by atoms with Gasteiger partial charge in [-0.15, -0.1) is 11.8 Å². The molecule has 1 N–H and O–H groups in total. The maximum absolute atomic E-state index is 11.0. The summed E-state index contributed by atoms with van der Waals surface area (Å²) < 4.78 is 1.74. The average Bonchev–Trinajstić information content (AvgIpc) is 2.73. The van der Waals surface area contributed by atoms with Crippen molar-refractivity contribution in [2.24, 2.45) is 7.05 Å². The molecular formula is C12H12N2O2S. The Hall–Kier alpha value is -1.75. The molecule has 5 heteroatoms. The number of carbonyl (C=O) groups is 1. The van der Waals surface area contributed by atoms with Crippen LogP contribution in [0.3, 0.4) is 0 Å². The van der Waals surface area contributed by atoms with Crippen LogP contribution in [0, 0.1) is 0 Å². The highest BCUT2D eigenvalue weighted by Gasteiger charge is 2.09. The van der Waals surface area contributed by atoms with Crippen molar-refractivity contribution in [3.8, 4) is 0 Å². The molecule has 0 aliphatic rings. The van der Waals surface area contributed by atoms with Crippen molar-refractivity contribution in [3.63, 3.8) is 0 Å². The zero-order valence-electron chi connectivity index (χ0n) is 9.33. The Morgan fingerprint density at radius 3 is 2.82 bits per heavy atom. The predicted octanol–water partition coefficient (Wildman–Crippen LogP) is 2.41. The Balaban J connectivity index is 2.11. The minimum absolute atomic E-state index is 0.341. The van der Waals surface area contributed by atoms with Crippen LogP contribution >= 0.6 is 11.8 Å². The minimum Gasteiger partial charge on any atom is -0.478 e. The second-order valence-corrected chi connectivity index (χ2v) is 4.59. The summed E-state index contributed by atoms with van der Waals surface area (Å²) >= 11 is 1.49. The molecule has 0 bridgehead atoms. The number of benzene rings is 1. The quantitative estimate of drug-likeness (QED) is 0.844. The van der Waals surface area contributed by atoms with E-state index in [2.05, 4.69) is 5.10 Å². The molecule has 1 heterocycles. The molecule has 0 atom stereocenters. The summed E-state index contributed by atoms with van der Waals surface area (Å²) in [6.45, 7) is 0. The van der Waals surface area contributed by atoms with Crippen molar-refractivity contribution >= 4 is 17.7 Å². The number of carboxylic acid groups (broad SMARTS) is 1. The first-order valence-electron chi connectivity index (χ1n) is 5.10. The van der Waals surface area contributed by atoms with Gasteiger partial charge in [0.1, 0.15) is 0 Å². The van der Waals surface area contributed by atoms with Crippen LogP contribution in [0.5, 0.6) is 0 Å². The van der Waals surface area contributed by atoms with Crippen LogP contribution in [0.25, 0.3) is 0 Å². The maximum atomic E-state index is 11.0. The van der Waals surface area contributed by atoms with E-state index >= 15 is 0 Å². The van der Waals surface area contributed by atoms with Crippen LogP contribution in [-0.2, 0) is 12.8 Å². The third-order valence-electron chi connectivity index (χ3n) is 2.26. The molecule has 17 heavy (non-hydrogen) atoms. The summed E-state index contributed by atoms with van der Waals surface area (Å²) in [5.74, 6) is -0.223. The third-order valence-corrected chi connectivity index (χ3v) is 3.37. The standard InChI is InChI=1S/C12H12N2O2S/c1-14-7-6-9(13-14)8-17-11-5-3-2-4-10(11)12(15)16/h2-7H,8H2,1H3,(H,15,16). The highest BCUT2D eigenvalue weighted by molar-refractivity contribution is 7.98. The van der Waals surface area contributed by atoms with E-state index in [4.69, 9.17) is 5.11 Å². The molecule has 0 aliphatic heterocycles. The van der Waals surface area contributed by atoms with Crippen molar-refractivity contribution < 1.29 is 9.90 Å². The molecule has 1 aromatic heterocycles. The molecule has 88 valence electrons. The van der Waals surface area contributed by atoms with E-state index < -0.39 is 5.97 Å². The van der Waals surface area contributed by atoms with Gasteiger partial charge >= 0.3 is 5.97 Å². The van der Waals surface area contributed by atoms with Crippen LogP contribution in [0.2, 0.25) is 0 Å². The lowest BCUT2D eigenvalue weighted by Gasteiger charge is -2.03.